The van der Waals surface area contributed by atoms with Gasteiger partial charge in [0, 0.05) is 12.8 Å². The maximum Gasteiger partial charge on any atom is 0.472 e. The molecule has 1 N–H and O–H groups in total. The van der Waals surface area contributed by atoms with Crippen LogP contribution in [0.15, 0.2) is 85.1 Å². The lowest BCUT2D eigenvalue weighted by Gasteiger charge is -2.24. The standard InChI is InChI=1S/C82H150NO8P/c1-6-8-10-12-14-16-18-20-22-24-26-28-30-32-34-36-38-40-41-43-44-46-48-50-52-54-56-58-60-62-64-66-68-70-72-74-81(84)88-78-80(79-90-92(86,87)89-77-76-83(3,4)5)91-82(85)75-73-71-69-67-65-63-61-59-57-55-53-51-49-47-45-42-39-37-35-33-31-29-27-25-23-21-19-17-15-13-11-9-7-2/h9,11,15,17,21,23,27,29,33,35,39,42,47,49,80H,6-8,10,12-14,16,18-20,22,24-26,28,30-32,34,36-38,40-41,43-46,48,50-79H2,1-5H3/p+1/b11-9-,17-15-,23-21-,29-27-,35-33-,42-39-,49-47-. The molecule has 0 aliphatic rings. The predicted molar refractivity (Wildman–Crippen MR) is 399 cm³/mol. The first-order valence-electron chi connectivity index (χ1n) is 39.3. The number of phosphoric ester groups is 1. The molecule has 536 valence electrons. The topological polar surface area (TPSA) is 108 Å². The fourth-order valence-electron chi connectivity index (χ4n) is 11.5. The van der Waals surface area contributed by atoms with Crippen LogP contribution < -0.4 is 0 Å². The van der Waals surface area contributed by atoms with Gasteiger partial charge in [-0.1, -0.05) is 375 Å². The van der Waals surface area contributed by atoms with Crippen LogP contribution in [0.5, 0.6) is 0 Å². The average molecular weight is 1310 g/mol. The van der Waals surface area contributed by atoms with E-state index in [9.17, 15) is 19.0 Å². The Morgan fingerprint density at radius 2 is 0.620 bits per heavy atom. The van der Waals surface area contributed by atoms with Gasteiger partial charge < -0.3 is 18.9 Å². The van der Waals surface area contributed by atoms with Crippen molar-refractivity contribution in [2.45, 2.75) is 380 Å². The molecule has 0 radical (unpaired) electrons. The Labute approximate surface area is 571 Å². The highest BCUT2D eigenvalue weighted by Gasteiger charge is 2.27. The van der Waals surface area contributed by atoms with Gasteiger partial charge in [-0.25, -0.2) is 4.57 Å². The monoisotopic (exact) mass is 1310 g/mol. The van der Waals surface area contributed by atoms with E-state index in [1.165, 1.54) is 250 Å². The Morgan fingerprint density at radius 3 is 0.924 bits per heavy atom. The van der Waals surface area contributed by atoms with Crippen LogP contribution in [0.25, 0.3) is 0 Å². The third-order valence-corrected chi connectivity index (χ3v) is 18.4. The fourth-order valence-corrected chi connectivity index (χ4v) is 12.2. The third-order valence-electron chi connectivity index (χ3n) is 17.4. The molecule has 0 aliphatic carbocycles. The molecule has 0 spiro atoms. The number of esters is 2. The summed E-state index contributed by atoms with van der Waals surface area (Å²) >= 11 is 0. The zero-order valence-electron chi connectivity index (χ0n) is 61.3. The predicted octanol–water partition coefficient (Wildman–Crippen LogP) is 26.1. The molecule has 10 heteroatoms. The number of nitrogens with zero attached hydrogens (tertiary/aromatic N) is 1. The summed E-state index contributed by atoms with van der Waals surface area (Å²) in [7, 11) is 1.48. The molecule has 0 fully saturated rings. The Kier molecular flexibility index (Phi) is 70.2. The zero-order valence-corrected chi connectivity index (χ0v) is 62.2. The summed E-state index contributed by atoms with van der Waals surface area (Å²) in [6, 6.07) is 0. The molecule has 0 aromatic heterocycles. The Morgan fingerprint density at radius 1 is 0.348 bits per heavy atom. The molecular formula is C82H151NO8P+. The second-order valence-electron chi connectivity index (χ2n) is 27.7. The van der Waals surface area contributed by atoms with Crippen LogP contribution in [0.2, 0.25) is 0 Å². The number of likely N-dealkylation sites (N-methyl/N-ethyl adjacent to an activating group) is 1. The molecule has 9 nitrogen and oxygen atoms in total. The molecule has 0 rings (SSSR count). The highest BCUT2D eigenvalue weighted by molar-refractivity contribution is 7.47. The second kappa shape index (κ2) is 72.5. The van der Waals surface area contributed by atoms with Crippen molar-refractivity contribution in [3.05, 3.63) is 85.1 Å². The zero-order chi connectivity index (χ0) is 66.9. The minimum atomic E-state index is -4.40. The van der Waals surface area contributed by atoms with Crippen molar-refractivity contribution in [1.82, 2.24) is 0 Å². The number of allylic oxidation sites excluding steroid dienone is 14. The minimum absolute atomic E-state index is 0.0300. The number of phosphoric acid groups is 1. The van der Waals surface area contributed by atoms with E-state index in [0.29, 0.717) is 23.9 Å². The number of ether oxygens (including phenoxy) is 2. The van der Waals surface area contributed by atoms with Crippen molar-refractivity contribution in [3.8, 4) is 0 Å². The number of rotatable bonds is 73. The smallest absolute Gasteiger partial charge is 0.462 e. The van der Waals surface area contributed by atoms with Gasteiger partial charge in [-0.3, -0.25) is 18.6 Å². The first kappa shape index (κ1) is 89.2. The van der Waals surface area contributed by atoms with Gasteiger partial charge in [0.05, 0.1) is 27.7 Å². The molecule has 0 aliphatic heterocycles. The van der Waals surface area contributed by atoms with Crippen molar-refractivity contribution in [1.29, 1.82) is 0 Å². The summed E-state index contributed by atoms with van der Waals surface area (Å²) < 4.78 is 34.8. The first-order valence-corrected chi connectivity index (χ1v) is 40.8. The largest absolute Gasteiger partial charge is 0.472 e. The second-order valence-corrected chi connectivity index (χ2v) is 29.2. The summed E-state index contributed by atoms with van der Waals surface area (Å²) in [4.78, 5) is 36.0. The van der Waals surface area contributed by atoms with Crippen molar-refractivity contribution >= 4 is 19.8 Å². The molecular weight excluding hydrogens is 1160 g/mol. The van der Waals surface area contributed by atoms with E-state index in [-0.39, 0.29) is 25.6 Å². The Bertz CT molecular complexity index is 1830. The van der Waals surface area contributed by atoms with E-state index in [0.717, 1.165) is 89.9 Å². The molecule has 0 aromatic carbocycles. The van der Waals surface area contributed by atoms with Gasteiger partial charge in [0.2, 0.25) is 0 Å². The van der Waals surface area contributed by atoms with Gasteiger partial charge in [0.1, 0.15) is 19.8 Å². The number of quaternary nitrogens is 1. The summed E-state index contributed by atoms with van der Waals surface area (Å²) in [5.74, 6) is -0.787. The summed E-state index contributed by atoms with van der Waals surface area (Å²) in [5.41, 5.74) is 0. The minimum Gasteiger partial charge on any atom is -0.462 e. The third kappa shape index (κ3) is 76.2. The van der Waals surface area contributed by atoms with E-state index in [4.69, 9.17) is 18.5 Å². The van der Waals surface area contributed by atoms with Crippen LogP contribution in [0.4, 0.5) is 0 Å². The van der Waals surface area contributed by atoms with E-state index < -0.39 is 26.5 Å². The van der Waals surface area contributed by atoms with Crippen LogP contribution in [-0.2, 0) is 32.7 Å². The van der Waals surface area contributed by atoms with Crippen molar-refractivity contribution in [2.24, 2.45) is 0 Å². The van der Waals surface area contributed by atoms with Gasteiger partial charge >= 0.3 is 19.8 Å². The molecule has 0 amide bonds. The maximum absolute atomic E-state index is 12.9. The van der Waals surface area contributed by atoms with Gasteiger partial charge in [-0.2, -0.15) is 0 Å². The average Bonchev–Trinajstić information content (AvgIpc) is 2.23. The van der Waals surface area contributed by atoms with Crippen LogP contribution >= 0.6 is 7.82 Å². The lowest BCUT2D eigenvalue weighted by atomic mass is 10.0. The van der Waals surface area contributed by atoms with Crippen molar-refractivity contribution < 1.29 is 42.1 Å². The lowest BCUT2D eigenvalue weighted by Crippen LogP contribution is -2.37. The van der Waals surface area contributed by atoms with E-state index in [2.05, 4.69) is 98.9 Å². The number of unbranched alkanes of at least 4 members (excludes halogenated alkanes) is 45. The quantitative estimate of drug-likeness (QED) is 0.0211. The molecule has 2 atom stereocenters. The van der Waals surface area contributed by atoms with E-state index in [1.54, 1.807) is 0 Å². The van der Waals surface area contributed by atoms with Crippen molar-refractivity contribution in [3.63, 3.8) is 0 Å². The normalized spacial score (nSPS) is 13.5. The Hall–Kier alpha value is -2.81. The number of carbonyl (C=O) groups is 2. The lowest BCUT2D eigenvalue weighted by molar-refractivity contribution is -0.870. The summed E-state index contributed by atoms with van der Waals surface area (Å²) in [6.45, 7) is 4.37. The fraction of sp³-hybridized carbons (Fsp3) is 0.805. The molecule has 0 saturated carbocycles. The van der Waals surface area contributed by atoms with Crippen molar-refractivity contribution in [2.75, 3.05) is 47.5 Å². The van der Waals surface area contributed by atoms with Crippen LogP contribution in [0, 0.1) is 0 Å². The molecule has 0 heterocycles. The van der Waals surface area contributed by atoms with Gasteiger partial charge in [0.15, 0.2) is 6.10 Å². The summed E-state index contributed by atoms with van der Waals surface area (Å²) in [5, 5.41) is 0. The summed E-state index contributed by atoms with van der Waals surface area (Å²) in [6.07, 6.45) is 100. The van der Waals surface area contributed by atoms with Crippen LogP contribution in [-0.4, -0.2) is 74.9 Å². The van der Waals surface area contributed by atoms with Gasteiger partial charge in [-0.05, 0) is 70.6 Å². The van der Waals surface area contributed by atoms with Gasteiger partial charge in [-0.15, -0.1) is 0 Å². The van der Waals surface area contributed by atoms with Crippen LogP contribution in [0.1, 0.15) is 373 Å². The Balaban J connectivity index is 3.97. The number of hydrogen-bond acceptors (Lipinski definition) is 7. The highest BCUT2D eigenvalue weighted by Crippen LogP contribution is 2.43. The first-order chi connectivity index (χ1) is 45.0. The molecule has 0 bridgehead atoms. The molecule has 2 unspecified atom stereocenters. The number of carbonyl (C=O) groups excluding carboxylic acids is 2. The molecule has 0 aromatic rings. The SMILES string of the molecule is CC/C=C\C/C=C\C/C=C\C/C=C\C/C=C\C/C=C\C/C=C\CCCCCCCCCCCCCC(=O)OC(COC(=O)CCCCCCCCCCCCCCCCCCCCCCCCCCCCCCCCCCCCC)COP(=O)(O)OCC[N+](C)(C)C. The van der Waals surface area contributed by atoms with E-state index >= 15 is 0 Å². The molecule has 0 saturated heterocycles. The highest BCUT2D eigenvalue weighted by atomic mass is 31.2. The van der Waals surface area contributed by atoms with Gasteiger partial charge in [0.25, 0.3) is 0 Å². The number of hydrogen-bond donors (Lipinski definition) is 1. The van der Waals surface area contributed by atoms with E-state index in [1.807, 2.05) is 21.1 Å². The maximum atomic E-state index is 12.9. The van der Waals surface area contributed by atoms with Crippen LogP contribution in [0.3, 0.4) is 0 Å². The molecule has 92 heavy (non-hydrogen) atoms.